The largest absolute Gasteiger partial charge is 0.342 e. The van der Waals surface area contributed by atoms with Gasteiger partial charge >= 0.3 is 0 Å². The van der Waals surface area contributed by atoms with Crippen molar-refractivity contribution in [2.75, 3.05) is 13.6 Å². The number of rotatable bonds is 2. The van der Waals surface area contributed by atoms with Gasteiger partial charge in [0.15, 0.2) is 0 Å². The quantitative estimate of drug-likeness (QED) is 0.760. The van der Waals surface area contributed by atoms with Gasteiger partial charge in [0.25, 0.3) is 5.91 Å². The van der Waals surface area contributed by atoms with E-state index in [9.17, 15) is 13.2 Å². The van der Waals surface area contributed by atoms with Gasteiger partial charge in [0, 0.05) is 30.2 Å². The van der Waals surface area contributed by atoms with Crippen LogP contribution in [0.3, 0.4) is 0 Å². The summed E-state index contributed by atoms with van der Waals surface area (Å²) in [5, 5.41) is 4.71. The summed E-state index contributed by atoms with van der Waals surface area (Å²) in [5.41, 5.74) is 1.46. The highest BCUT2D eigenvalue weighted by atomic mass is 32.2. The van der Waals surface area contributed by atoms with Gasteiger partial charge in [-0.05, 0) is 35.7 Å². The molecule has 0 spiro atoms. The van der Waals surface area contributed by atoms with Gasteiger partial charge in [0.05, 0.1) is 10.9 Å². The molecule has 24 heavy (non-hydrogen) atoms. The van der Waals surface area contributed by atoms with Crippen LogP contribution in [0.1, 0.15) is 21.4 Å². The zero-order valence-corrected chi connectivity index (χ0v) is 14.5. The first kappa shape index (κ1) is 15.4. The highest BCUT2D eigenvalue weighted by Gasteiger charge is 2.36. The van der Waals surface area contributed by atoms with Crippen LogP contribution < -0.4 is 5.32 Å². The lowest BCUT2D eigenvalue weighted by Crippen LogP contribution is -2.43. The standard InChI is InChI=1S/C16H15N3O3S2/c1-18-10-12(15-14(7-9-23-15)24(18,21)22)17-16(20)13-6-5-11-4-2-3-8-19(11)13/h2-9,12H,10H2,1H3,(H,17,20). The third kappa shape index (κ3) is 2.26. The third-order valence-electron chi connectivity index (χ3n) is 4.20. The van der Waals surface area contributed by atoms with E-state index >= 15 is 0 Å². The number of pyridine rings is 1. The fraction of sp³-hybridized carbons (Fsp3) is 0.188. The van der Waals surface area contributed by atoms with Crippen LogP contribution >= 0.6 is 11.3 Å². The molecule has 0 bridgehead atoms. The maximum Gasteiger partial charge on any atom is 0.268 e. The van der Waals surface area contributed by atoms with Gasteiger partial charge in [0.1, 0.15) is 5.69 Å². The van der Waals surface area contributed by atoms with Crippen molar-refractivity contribution in [2.24, 2.45) is 0 Å². The molecule has 1 aliphatic heterocycles. The average Bonchev–Trinajstić information content (AvgIpc) is 3.20. The van der Waals surface area contributed by atoms with Gasteiger partial charge in [-0.3, -0.25) is 4.79 Å². The Morgan fingerprint density at radius 1 is 1.25 bits per heavy atom. The summed E-state index contributed by atoms with van der Waals surface area (Å²) in [7, 11) is -1.92. The van der Waals surface area contributed by atoms with Crippen molar-refractivity contribution in [1.82, 2.24) is 14.0 Å². The molecule has 1 aliphatic rings. The van der Waals surface area contributed by atoms with Gasteiger partial charge in [-0.25, -0.2) is 8.42 Å². The van der Waals surface area contributed by atoms with Gasteiger partial charge in [-0.15, -0.1) is 11.3 Å². The molecule has 0 saturated carbocycles. The summed E-state index contributed by atoms with van der Waals surface area (Å²) in [5.74, 6) is -0.224. The number of hydrogen-bond acceptors (Lipinski definition) is 4. The highest BCUT2D eigenvalue weighted by molar-refractivity contribution is 7.89. The lowest BCUT2D eigenvalue weighted by Gasteiger charge is -2.29. The van der Waals surface area contributed by atoms with Crippen molar-refractivity contribution >= 4 is 32.8 Å². The number of hydrogen-bond donors (Lipinski definition) is 1. The Bertz CT molecular complexity index is 1040. The number of sulfonamides is 1. The van der Waals surface area contributed by atoms with Crippen molar-refractivity contribution in [3.63, 3.8) is 0 Å². The molecule has 1 amide bonds. The molecular formula is C16H15N3O3S2. The average molecular weight is 361 g/mol. The van der Waals surface area contributed by atoms with Crippen LogP contribution in [0.2, 0.25) is 0 Å². The second kappa shape index (κ2) is 5.44. The molecule has 0 aromatic carbocycles. The number of nitrogens with one attached hydrogen (secondary N) is 1. The molecule has 3 aromatic heterocycles. The predicted octanol–water partition coefficient (Wildman–Crippen LogP) is 2.11. The summed E-state index contributed by atoms with van der Waals surface area (Å²) in [6, 6.07) is 10.6. The molecule has 4 rings (SSSR count). The van der Waals surface area contributed by atoms with Crippen LogP contribution in [0.25, 0.3) is 5.52 Å². The maximum atomic E-state index is 12.7. The third-order valence-corrected chi connectivity index (χ3v) is 7.24. The molecule has 6 nitrogen and oxygen atoms in total. The fourth-order valence-electron chi connectivity index (χ4n) is 2.97. The summed E-state index contributed by atoms with van der Waals surface area (Å²) in [4.78, 5) is 13.7. The molecule has 0 fully saturated rings. The van der Waals surface area contributed by atoms with E-state index in [1.165, 1.54) is 22.7 Å². The van der Waals surface area contributed by atoms with E-state index in [1.807, 2.05) is 34.9 Å². The lowest BCUT2D eigenvalue weighted by atomic mass is 10.2. The minimum absolute atomic E-state index is 0.224. The van der Waals surface area contributed by atoms with Crippen LogP contribution in [-0.2, 0) is 10.0 Å². The van der Waals surface area contributed by atoms with E-state index in [1.54, 1.807) is 17.5 Å². The number of fused-ring (bicyclic) bond motifs is 2. The van der Waals surface area contributed by atoms with E-state index in [-0.39, 0.29) is 23.4 Å². The Balaban J connectivity index is 1.68. The first-order valence-electron chi connectivity index (χ1n) is 7.39. The van der Waals surface area contributed by atoms with Crippen molar-refractivity contribution < 1.29 is 13.2 Å². The van der Waals surface area contributed by atoms with Crippen LogP contribution in [0.15, 0.2) is 52.9 Å². The smallest absolute Gasteiger partial charge is 0.268 e. The number of thiophene rings is 1. The van der Waals surface area contributed by atoms with Crippen molar-refractivity contribution in [1.29, 1.82) is 0 Å². The Morgan fingerprint density at radius 3 is 2.92 bits per heavy atom. The van der Waals surface area contributed by atoms with Gasteiger partial charge in [0.2, 0.25) is 10.0 Å². The van der Waals surface area contributed by atoms with Crippen molar-refractivity contribution in [3.8, 4) is 0 Å². The zero-order chi connectivity index (χ0) is 16.9. The lowest BCUT2D eigenvalue weighted by molar-refractivity contribution is 0.0926. The summed E-state index contributed by atoms with van der Waals surface area (Å²) < 4.78 is 27.7. The molecule has 0 radical (unpaired) electrons. The van der Waals surface area contributed by atoms with E-state index in [0.717, 1.165) is 5.52 Å². The molecule has 8 heteroatoms. The van der Waals surface area contributed by atoms with Crippen LogP contribution in [0.5, 0.6) is 0 Å². The highest BCUT2D eigenvalue weighted by Crippen LogP contribution is 2.35. The Morgan fingerprint density at radius 2 is 2.08 bits per heavy atom. The first-order valence-corrected chi connectivity index (χ1v) is 9.71. The van der Waals surface area contributed by atoms with Crippen LogP contribution in [0, 0.1) is 0 Å². The molecule has 4 heterocycles. The number of carbonyl (C=O) groups is 1. The van der Waals surface area contributed by atoms with E-state index in [0.29, 0.717) is 10.6 Å². The summed E-state index contributed by atoms with van der Waals surface area (Å²) >= 11 is 1.35. The SMILES string of the molecule is CN1CC(NC(=O)c2ccc3ccccn23)c2sccc2S1(=O)=O. The topological polar surface area (TPSA) is 70.9 Å². The fourth-order valence-corrected chi connectivity index (χ4v) is 5.66. The Kier molecular flexibility index (Phi) is 3.48. The first-order chi connectivity index (χ1) is 11.5. The van der Waals surface area contributed by atoms with Gasteiger partial charge in [-0.2, -0.15) is 4.31 Å². The molecule has 124 valence electrons. The summed E-state index contributed by atoms with van der Waals surface area (Å²) in [6.45, 7) is 0.227. The normalized spacial score (nSPS) is 20.0. The minimum atomic E-state index is -3.45. The van der Waals surface area contributed by atoms with Gasteiger partial charge in [-0.1, -0.05) is 6.07 Å². The molecule has 1 unspecified atom stereocenters. The summed E-state index contributed by atoms with van der Waals surface area (Å²) in [6.07, 6.45) is 1.83. The molecule has 1 N–H and O–H groups in total. The second-order valence-corrected chi connectivity index (χ2v) is 8.64. The molecule has 1 atom stereocenters. The number of carbonyl (C=O) groups excluding carboxylic acids is 1. The monoisotopic (exact) mass is 361 g/mol. The Hall–Kier alpha value is -2.16. The zero-order valence-electron chi connectivity index (χ0n) is 12.8. The molecule has 3 aromatic rings. The predicted molar refractivity (Wildman–Crippen MR) is 91.7 cm³/mol. The Labute approximate surface area is 143 Å². The van der Waals surface area contributed by atoms with E-state index in [4.69, 9.17) is 0 Å². The van der Waals surface area contributed by atoms with E-state index in [2.05, 4.69) is 5.32 Å². The van der Waals surface area contributed by atoms with Crippen molar-refractivity contribution in [2.45, 2.75) is 10.9 Å². The number of likely N-dealkylation sites (N-methyl/N-ethyl adjacent to an activating group) is 1. The number of aromatic nitrogens is 1. The molecule has 0 aliphatic carbocycles. The number of amides is 1. The van der Waals surface area contributed by atoms with Crippen molar-refractivity contribution in [3.05, 3.63) is 58.5 Å². The molecule has 0 saturated heterocycles. The van der Waals surface area contributed by atoms with E-state index < -0.39 is 10.0 Å². The van der Waals surface area contributed by atoms with Crippen LogP contribution in [-0.4, -0.2) is 36.6 Å². The minimum Gasteiger partial charge on any atom is -0.342 e. The molecular weight excluding hydrogens is 346 g/mol. The van der Waals surface area contributed by atoms with Crippen LogP contribution in [0.4, 0.5) is 0 Å². The van der Waals surface area contributed by atoms with Gasteiger partial charge < -0.3 is 9.72 Å². The maximum absolute atomic E-state index is 12.7. The second-order valence-electron chi connectivity index (χ2n) is 5.67. The number of nitrogens with zero attached hydrogens (tertiary/aromatic N) is 2.